The van der Waals surface area contributed by atoms with Gasteiger partial charge in [-0.1, -0.05) is 18.2 Å². The number of hydrogen-bond acceptors (Lipinski definition) is 4. The van der Waals surface area contributed by atoms with Gasteiger partial charge in [-0.15, -0.1) is 6.58 Å². The van der Waals surface area contributed by atoms with E-state index in [0.717, 1.165) is 0 Å². The third-order valence-electron chi connectivity index (χ3n) is 2.95. The van der Waals surface area contributed by atoms with E-state index in [4.69, 9.17) is 15.1 Å². The van der Waals surface area contributed by atoms with Crippen LogP contribution in [0.3, 0.4) is 0 Å². The fourth-order valence-electron chi connectivity index (χ4n) is 1.74. The third-order valence-corrected chi connectivity index (χ3v) is 2.95. The molecule has 0 radical (unpaired) electrons. The van der Waals surface area contributed by atoms with Crippen molar-refractivity contribution in [1.82, 2.24) is 5.32 Å². The predicted molar refractivity (Wildman–Crippen MR) is 80.2 cm³/mol. The van der Waals surface area contributed by atoms with Crippen molar-refractivity contribution in [3.63, 3.8) is 0 Å². The molecule has 0 aromatic heterocycles. The molecule has 6 heteroatoms. The average Bonchev–Trinajstić information content (AvgIpc) is 2.51. The van der Waals surface area contributed by atoms with Crippen molar-refractivity contribution in [3.8, 4) is 11.8 Å². The van der Waals surface area contributed by atoms with E-state index in [1.54, 1.807) is 30.3 Å². The minimum absolute atomic E-state index is 0.256. The predicted octanol–water partition coefficient (Wildman–Crippen LogP) is 1.86. The molecule has 0 aliphatic carbocycles. The lowest BCUT2D eigenvalue weighted by molar-refractivity contribution is -0.143. The summed E-state index contributed by atoms with van der Waals surface area (Å²) in [6, 6.07) is 7.49. The molecule has 1 aromatic carbocycles. The van der Waals surface area contributed by atoms with Gasteiger partial charge in [0.25, 0.3) is 5.91 Å². The Labute approximate surface area is 129 Å². The Hall–Kier alpha value is -2.81. The van der Waals surface area contributed by atoms with Gasteiger partial charge < -0.3 is 15.2 Å². The van der Waals surface area contributed by atoms with Crippen molar-refractivity contribution in [2.24, 2.45) is 0 Å². The van der Waals surface area contributed by atoms with Crippen molar-refractivity contribution < 1.29 is 19.4 Å². The molecule has 0 spiro atoms. The van der Waals surface area contributed by atoms with E-state index in [9.17, 15) is 9.59 Å². The molecule has 2 N–H and O–H groups in total. The number of nitrogens with one attached hydrogen (secondary N) is 1. The lowest BCUT2D eigenvalue weighted by atomic mass is 10.1. The second-order valence-electron chi connectivity index (χ2n) is 4.63. The van der Waals surface area contributed by atoms with Crippen LogP contribution in [0, 0.1) is 11.3 Å². The van der Waals surface area contributed by atoms with Crippen molar-refractivity contribution in [1.29, 1.82) is 5.26 Å². The molecule has 0 saturated carbocycles. The Kier molecular flexibility index (Phi) is 6.64. The van der Waals surface area contributed by atoms with Crippen LogP contribution in [-0.2, 0) is 9.59 Å². The van der Waals surface area contributed by atoms with Crippen LogP contribution >= 0.6 is 0 Å². The summed E-state index contributed by atoms with van der Waals surface area (Å²) < 4.78 is 5.44. The lowest BCUT2D eigenvalue weighted by Gasteiger charge is -2.19. The zero-order valence-corrected chi connectivity index (χ0v) is 12.3. The van der Waals surface area contributed by atoms with Crippen LogP contribution in [0.5, 0.6) is 5.75 Å². The number of carboxylic acids is 1. The van der Waals surface area contributed by atoms with Crippen LogP contribution in [0.1, 0.15) is 25.3 Å². The molecular weight excluding hydrogens is 284 g/mol. The number of carboxylic acid groups (broad SMARTS) is 1. The molecule has 0 saturated heterocycles. The number of carbonyl (C=O) groups excluding carboxylic acids is 1. The van der Waals surface area contributed by atoms with E-state index in [1.807, 2.05) is 6.07 Å². The van der Waals surface area contributed by atoms with Gasteiger partial charge in [-0.3, -0.25) is 4.79 Å². The van der Waals surface area contributed by atoms with Crippen molar-refractivity contribution in [2.75, 3.05) is 0 Å². The highest BCUT2D eigenvalue weighted by molar-refractivity contribution is 5.86. The van der Waals surface area contributed by atoms with E-state index in [1.165, 1.54) is 6.92 Å². The van der Waals surface area contributed by atoms with Gasteiger partial charge in [0.15, 0.2) is 6.10 Å². The van der Waals surface area contributed by atoms with Crippen LogP contribution in [-0.4, -0.2) is 29.1 Å². The Morgan fingerprint density at radius 3 is 2.77 bits per heavy atom. The molecule has 0 fully saturated rings. The highest BCUT2D eigenvalue weighted by Crippen LogP contribution is 2.18. The van der Waals surface area contributed by atoms with E-state index < -0.39 is 24.0 Å². The zero-order valence-electron chi connectivity index (χ0n) is 12.3. The fourth-order valence-corrected chi connectivity index (χ4v) is 1.74. The molecule has 0 heterocycles. The largest absolute Gasteiger partial charge is 0.480 e. The number of benzene rings is 1. The fraction of sp³-hybridized carbons (Fsp3) is 0.312. The number of nitriles is 1. The number of ether oxygens (including phenoxy) is 1. The summed E-state index contributed by atoms with van der Waals surface area (Å²) in [5.74, 6) is -1.38. The number of hydrogen-bond donors (Lipinski definition) is 2. The Morgan fingerprint density at radius 2 is 2.18 bits per heavy atom. The van der Waals surface area contributed by atoms with E-state index in [0.29, 0.717) is 12.0 Å². The summed E-state index contributed by atoms with van der Waals surface area (Å²) in [4.78, 5) is 23.1. The summed E-state index contributed by atoms with van der Waals surface area (Å²) in [5.41, 5.74) is 0.309. The number of carbonyl (C=O) groups is 2. The van der Waals surface area contributed by atoms with Crippen molar-refractivity contribution >= 4 is 11.9 Å². The van der Waals surface area contributed by atoms with Crippen LogP contribution in [0.4, 0.5) is 0 Å². The molecule has 6 nitrogen and oxygen atoms in total. The highest BCUT2D eigenvalue weighted by Gasteiger charge is 2.23. The highest BCUT2D eigenvalue weighted by atomic mass is 16.5. The third kappa shape index (κ3) is 4.94. The van der Waals surface area contributed by atoms with E-state index in [-0.39, 0.29) is 12.2 Å². The topological polar surface area (TPSA) is 99.4 Å². The smallest absolute Gasteiger partial charge is 0.326 e. The van der Waals surface area contributed by atoms with Crippen molar-refractivity contribution in [2.45, 2.75) is 31.9 Å². The molecular formula is C16H18N2O4. The van der Waals surface area contributed by atoms with Gasteiger partial charge in [0.05, 0.1) is 5.56 Å². The molecule has 0 aliphatic rings. The molecule has 0 aliphatic heterocycles. The molecule has 1 amide bonds. The van der Waals surface area contributed by atoms with Crippen LogP contribution < -0.4 is 10.1 Å². The summed E-state index contributed by atoms with van der Waals surface area (Å²) in [5, 5.41) is 20.5. The maximum Gasteiger partial charge on any atom is 0.326 e. The first-order valence-electron chi connectivity index (χ1n) is 6.79. The maximum absolute atomic E-state index is 12.0. The quantitative estimate of drug-likeness (QED) is 0.714. The summed E-state index contributed by atoms with van der Waals surface area (Å²) in [6.07, 6.45) is 1.40. The summed E-state index contributed by atoms with van der Waals surface area (Å²) in [7, 11) is 0. The first kappa shape index (κ1) is 17.2. The average molecular weight is 302 g/mol. The molecule has 22 heavy (non-hydrogen) atoms. The van der Waals surface area contributed by atoms with Crippen molar-refractivity contribution in [3.05, 3.63) is 42.5 Å². The summed E-state index contributed by atoms with van der Waals surface area (Å²) >= 11 is 0. The van der Waals surface area contributed by atoms with Crippen LogP contribution in [0.2, 0.25) is 0 Å². The molecule has 2 unspecified atom stereocenters. The number of para-hydroxylation sites is 1. The van der Waals surface area contributed by atoms with Gasteiger partial charge in [-0.05, 0) is 31.9 Å². The minimum atomic E-state index is -1.11. The van der Waals surface area contributed by atoms with Gasteiger partial charge >= 0.3 is 5.97 Å². The molecule has 2 atom stereocenters. The monoisotopic (exact) mass is 302 g/mol. The zero-order chi connectivity index (χ0) is 16.5. The first-order valence-corrected chi connectivity index (χ1v) is 6.79. The number of rotatable bonds is 8. The second kappa shape index (κ2) is 8.47. The Balaban J connectivity index is 2.70. The normalized spacial score (nSPS) is 12.5. The number of allylic oxidation sites excluding steroid dienone is 1. The first-order chi connectivity index (χ1) is 10.5. The Bertz CT molecular complexity index is 592. The number of nitrogens with zero attached hydrogens (tertiary/aromatic N) is 1. The molecule has 116 valence electrons. The van der Waals surface area contributed by atoms with Gasteiger partial charge in [0, 0.05) is 0 Å². The SMILES string of the molecule is C=CCCC(NC(=O)C(C)Oc1ccccc1C#N)C(=O)O. The van der Waals surface area contributed by atoms with Gasteiger partial charge in [0.1, 0.15) is 17.9 Å². The lowest BCUT2D eigenvalue weighted by Crippen LogP contribution is -2.46. The maximum atomic E-state index is 12.0. The second-order valence-corrected chi connectivity index (χ2v) is 4.63. The number of aliphatic carboxylic acids is 1. The Morgan fingerprint density at radius 1 is 1.50 bits per heavy atom. The van der Waals surface area contributed by atoms with Gasteiger partial charge in [-0.25, -0.2) is 4.79 Å². The van der Waals surface area contributed by atoms with E-state index in [2.05, 4.69) is 11.9 Å². The van der Waals surface area contributed by atoms with Gasteiger partial charge in [0.2, 0.25) is 0 Å². The van der Waals surface area contributed by atoms with Crippen LogP contribution in [0.25, 0.3) is 0 Å². The standard InChI is InChI=1S/C16H18N2O4/c1-3-4-8-13(16(20)21)18-15(19)11(2)22-14-9-6-5-7-12(14)10-17/h3,5-7,9,11,13H,1,4,8H2,2H3,(H,18,19)(H,20,21). The number of amides is 1. The van der Waals surface area contributed by atoms with Gasteiger partial charge in [-0.2, -0.15) is 5.26 Å². The molecule has 1 aromatic rings. The van der Waals surface area contributed by atoms with Crippen LogP contribution in [0.15, 0.2) is 36.9 Å². The van der Waals surface area contributed by atoms with E-state index >= 15 is 0 Å². The minimum Gasteiger partial charge on any atom is -0.480 e. The molecule has 1 rings (SSSR count). The summed E-state index contributed by atoms with van der Waals surface area (Å²) in [6.45, 7) is 5.02. The molecule has 0 bridgehead atoms.